The van der Waals surface area contributed by atoms with E-state index in [4.69, 9.17) is 9.47 Å². The second-order valence-corrected chi connectivity index (χ2v) is 7.66. The fourth-order valence-electron chi connectivity index (χ4n) is 3.63. The van der Waals surface area contributed by atoms with Gasteiger partial charge in [0.2, 0.25) is 6.79 Å². The van der Waals surface area contributed by atoms with Crippen molar-refractivity contribution in [2.24, 2.45) is 0 Å². The molecule has 0 spiro atoms. The lowest BCUT2D eigenvalue weighted by molar-refractivity contribution is 0.174. The van der Waals surface area contributed by atoms with E-state index in [0.29, 0.717) is 6.04 Å². The third kappa shape index (κ3) is 3.08. The molecule has 0 amide bonds. The lowest BCUT2D eigenvalue weighted by atomic mass is 9.94. The van der Waals surface area contributed by atoms with E-state index in [2.05, 4.69) is 16.9 Å². The largest absolute Gasteiger partial charge is 0.454 e. The number of nitrogens with one attached hydrogen (secondary N) is 1. The number of ether oxygens (including phenoxy) is 2. The first-order valence-electron chi connectivity index (χ1n) is 8.53. The Morgan fingerprint density at radius 2 is 2.00 bits per heavy atom. The van der Waals surface area contributed by atoms with E-state index in [-0.39, 0.29) is 11.7 Å². The maximum absolute atomic E-state index is 12.0. The molecule has 0 atom stereocenters. The predicted octanol–water partition coefficient (Wildman–Crippen LogP) is 3.60. The molecule has 5 nitrogen and oxygen atoms in total. The summed E-state index contributed by atoms with van der Waals surface area (Å²) in [6.07, 6.45) is 6.50. The zero-order valence-electron chi connectivity index (χ0n) is 13.8. The molecule has 0 saturated heterocycles. The number of aromatic nitrogens is 1. The van der Waals surface area contributed by atoms with Gasteiger partial charge in [-0.15, -0.1) is 0 Å². The molecule has 0 bridgehead atoms. The minimum Gasteiger partial charge on any atom is -0.454 e. The molecule has 24 heavy (non-hydrogen) atoms. The van der Waals surface area contributed by atoms with Crippen molar-refractivity contribution in [2.75, 3.05) is 13.8 Å². The summed E-state index contributed by atoms with van der Waals surface area (Å²) >= 11 is 1.31. The van der Waals surface area contributed by atoms with Crippen LogP contribution in [0.3, 0.4) is 0 Å². The Labute approximate surface area is 145 Å². The molecule has 1 aromatic carbocycles. The number of fused-ring (bicyclic) bond motifs is 1. The zero-order valence-corrected chi connectivity index (χ0v) is 14.7. The Bertz CT molecular complexity index is 777. The van der Waals surface area contributed by atoms with Crippen LogP contribution < -0.4 is 14.3 Å². The highest BCUT2D eigenvalue weighted by molar-refractivity contribution is 7.09. The van der Waals surface area contributed by atoms with Gasteiger partial charge in [0.25, 0.3) is 0 Å². The molecule has 0 unspecified atom stereocenters. The Balaban J connectivity index is 1.59. The fraction of sp³-hybridized carbons (Fsp3) is 0.500. The summed E-state index contributed by atoms with van der Waals surface area (Å²) in [4.78, 5) is 18.4. The Hall–Kier alpha value is -1.79. The molecule has 1 aliphatic heterocycles. The van der Waals surface area contributed by atoms with Crippen molar-refractivity contribution in [3.05, 3.63) is 32.7 Å². The molecule has 1 fully saturated rings. The molecule has 0 radical (unpaired) electrons. The molecule has 1 saturated carbocycles. The molecule has 1 aromatic heterocycles. The van der Waals surface area contributed by atoms with Crippen molar-refractivity contribution >= 4 is 11.3 Å². The molecule has 128 valence electrons. The monoisotopic (exact) mass is 346 g/mol. The first kappa shape index (κ1) is 15.7. The summed E-state index contributed by atoms with van der Waals surface area (Å²) in [5.41, 5.74) is 1.88. The summed E-state index contributed by atoms with van der Waals surface area (Å²) in [5, 5.41) is 0. The Morgan fingerprint density at radius 1 is 1.21 bits per heavy atom. The van der Waals surface area contributed by atoms with Gasteiger partial charge < -0.3 is 14.5 Å². The molecule has 1 aliphatic carbocycles. The lowest BCUT2D eigenvalue weighted by Crippen LogP contribution is -2.32. The van der Waals surface area contributed by atoms with Crippen molar-refractivity contribution in [2.45, 2.75) is 44.7 Å². The van der Waals surface area contributed by atoms with Gasteiger partial charge in [-0.2, -0.15) is 0 Å². The van der Waals surface area contributed by atoms with E-state index in [1.165, 1.54) is 43.4 Å². The van der Waals surface area contributed by atoms with Crippen molar-refractivity contribution in [1.29, 1.82) is 0 Å². The summed E-state index contributed by atoms with van der Waals surface area (Å²) in [6.45, 7) is 1.06. The van der Waals surface area contributed by atoms with Gasteiger partial charge in [-0.25, -0.2) is 0 Å². The van der Waals surface area contributed by atoms with Gasteiger partial charge in [0, 0.05) is 23.0 Å². The van der Waals surface area contributed by atoms with Gasteiger partial charge in [0.15, 0.2) is 11.5 Å². The standard InChI is InChI=1S/C18H22N2O3S/c1-20(13-5-3-2-4-6-13)10-16-17(19-18(21)24-16)12-7-8-14-15(9-12)23-11-22-14/h7-9,13H,2-6,10-11H2,1H3,(H,19,21). The first-order valence-corrected chi connectivity index (χ1v) is 9.34. The second-order valence-electron chi connectivity index (χ2n) is 6.59. The van der Waals surface area contributed by atoms with Crippen LogP contribution >= 0.6 is 11.3 Å². The average molecular weight is 346 g/mol. The van der Waals surface area contributed by atoms with Gasteiger partial charge in [0.1, 0.15) is 0 Å². The van der Waals surface area contributed by atoms with Crippen LogP contribution in [0.25, 0.3) is 11.3 Å². The van der Waals surface area contributed by atoms with E-state index in [0.717, 1.165) is 34.2 Å². The SMILES string of the molecule is CN(Cc1sc(=O)[nH]c1-c1ccc2c(c1)OCO2)C1CCCCC1. The number of hydrogen-bond acceptors (Lipinski definition) is 5. The van der Waals surface area contributed by atoms with E-state index in [1.807, 2.05) is 18.2 Å². The van der Waals surface area contributed by atoms with Crippen LogP contribution in [0.15, 0.2) is 23.0 Å². The van der Waals surface area contributed by atoms with Crippen LogP contribution in [-0.2, 0) is 6.54 Å². The average Bonchev–Trinajstić information content (AvgIpc) is 3.21. The van der Waals surface area contributed by atoms with Crippen molar-refractivity contribution in [3.63, 3.8) is 0 Å². The van der Waals surface area contributed by atoms with Crippen LogP contribution in [0.2, 0.25) is 0 Å². The topological polar surface area (TPSA) is 54.6 Å². The van der Waals surface area contributed by atoms with Gasteiger partial charge in [0.05, 0.1) is 5.69 Å². The van der Waals surface area contributed by atoms with Crippen LogP contribution in [0.1, 0.15) is 37.0 Å². The van der Waals surface area contributed by atoms with E-state index in [9.17, 15) is 4.79 Å². The number of rotatable bonds is 4. The highest BCUT2D eigenvalue weighted by Crippen LogP contribution is 2.37. The number of thiazole rings is 1. The maximum atomic E-state index is 12.0. The van der Waals surface area contributed by atoms with Crippen LogP contribution in [0.5, 0.6) is 11.5 Å². The minimum absolute atomic E-state index is 0.00490. The zero-order chi connectivity index (χ0) is 16.5. The van der Waals surface area contributed by atoms with E-state index < -0.39 is 0 Å². The number of nitrogens with zero attached hydrogens (tertiary/aromatic N) is 1. The second kappa shape index (κ2) is 6.61. The predicted molar refractivity (Wildman–Crippen MR) is 94.8 cm³/mol. The molecule has 4 rings (SSSR count). The first-order chi connectivity index (χ1) is 11.7. The van der Waals surface area contributed by atoms with Crippen molar-refractivity contribution < 1.29 is 9.47 Å². The number of benzene rings is 1. The third-order valence-corrected chi connectivity index (χ3v) is 5.84. The summed E-state index contributed by atoms with van der Waals surface area (Å²) < 4.78 is 10.8. The smallest absolute Gasteiger partial charge is 0.305 e. The quantitative estimate of drug-likeness (QED) is 0.919. The third-order valence-electron chi connectivity index (χ3n) is 4.97. The van der Waals surface area contributed by atoms with Gasteiger partial charge >= 0.3 is 4.87 Å². The number of aromatic amines is 1. The van der Waals surface area contributed by atoms with Crippen molar-refractivity contribution in [1.82, 2.24) is 9.88 Å². The highest BCUT2D eigenvalue weighted by atomic mass is 32.1. The van der Waals surface area contributed by atoms with Crippen LogP contribution in [-0.4, -0.2) is 29.8 Å². The summed E-state index contributed by atoms with van der Waals surface area (Å²) in [6, 6.07) is 6.46. The van der Waals surface area contributed by atoms with Gasteiger partial charge in [-0.1, -0.05) is 30.6 Å². The molecular weight excluding hydrogens is 324 g/mol. The Morgan fingerprint density at radius 3 is 2.83 bits per heavy atom. The van der Waals surface area contributed by atoms with E-state index in [1.54, 1.807) is 0 Å². The van der Waals surface area contributed by atoms with Gasteiger partial charge in [-0.3, -0.25) is 9.69 Å². The summed E-state index contributed by atoms with van der Waals surface area (Å²) in [7, 11) is 2.17. The molecule has 2 aromatic rings. The van der Waals surface area contributed by atoms with Crippen LogP contribution in [0.4, 0.5) is 0 Å². The Kier molecular flexibility index (Phi) is 4.33. The summed E-state index contributed by atoms with van der Waals surface area (Å²) in [5.74, 6) is 1.50. The molecule has 1 N–H and O–H groups in total. The maximum Gasteiger partial charge on any atom is 0.305 e. The highest BCUT2D eigenvalue weighted by Gasteiger charge is 2.21. The number of H-pyrrole nitrogens is 1. The molecular formula is C18H22N2O3S. The molecule has 2 aliphatic rings. The van der Waals surface area contributed by atoms with E-state index >= 15 is 0 Å². The van der Waals surface area contributed by atoms with Gasteiger partial charge in [-0.05, 0) is 38.1 Å². The lowest BCUT2D eigenvalue weighted by Gasteiger charge is -2.31. The van der Waals surface area contributed by atoms with Crippen LogP contribution in [0, 0.1) is 0 Å². The van der Waals surface area contributed by atoms with Crippen molar-refractivity contribution in [3.8, 4) is 22.8 Å². The fourth-order valence-corrected chi connectivity index (χ4v) is 4.55. The number of hydrogen-bond donors (Lipinski definition) is 1. The normalized spacial score (nSPS) is 17.6. The molecule has 2 heterocycles. The molecule has 6 heteroatoms. The minimum atomic E-state index is -0.00490.